The summed E-state index contributed by atoms with van der Waals surface area (Å²) in [5.41, 5.74) is -0.759. The van der Waals surface area contributed by atoms with Crippen molar-refractivity contribution in [2.75, 3.05) is 0 Å². The van der Waals surface area contributed by atoms with E-state index in [1.54, 1.807) is 0 Å². The minimum absolute atomic E-state index is 0.0342. The van der Waals surface area contributed by atoms with E-state index in [4.69, 9.17) is 11.6 Å². The number of rotatable bonds is 2. The summed E-state index contributed by atoms with van der Waals surface area (Å²) in [6.07, 6.45) is 0. The molecular weight excluding hydrogens is 265 g/mol. The highest BCUT2D eigenvalue weighted by Crippen LogP contribution is 2.20. The fourth-order valence-corrected chi connectivity index (χ4v) is 1.72. The van der Waals surface area contributed by atoms with Gasteiger partial charge in [-0.15, -0.1) is 0 Å². The zero-order valence-electron chi connectivity index (χ0n) is 8.88. The molecule has 0 aromatic heterocycles. The second kappa shape index (κ2) is 4.82. The topological polar surface area (TPSA) is 17.1 Å². The van der Waals surface area contributed by atoms with Crippen LogP contribution in [0.4, 0.5) is 13.2 Å². The van der Waals surface area contributed by atoms with E-state index >= 15 is 0 Å². The third-order valence-corrected chi connectivity index (χ3v) is 2.56. The molecule has 92 valence electrons. The first-order chi connectivity index (χ1) is 8.49. The first-order valence-electron chi connectivity index (χ1n) is 4.94. The predicted molar refractivity (Wildman–Crippen MR) is 61.2 cm³/mol. The van der Waals surface area contributed by atoms with Crippen molar-refractivity contribution < 1.29 is 18.0 Å². The molecule has 0 unspecified atom stereocenters. The van der Waals surface area contributed by atoms with Gasteiger partial charge in [-0.3, -0.25) is 4.79 Å². The van der Waals surface area contributed by atoms with Gasteiger partial charge in [-0.25, -0.2) is 13.2 Å². The Kier molecular flexibility index (Phi) is 3.39. The minimum atomic E-state index is -1.24. The lowest BCUT2D eigenvalue weighted by molar-refractivity contribution is 0.103. The molecule has 0 radical (unpaired) electrons. The summed E-state index contributed by atoms with van der Waals surface area (Å²) < 4.78 is 39.6. The van der Waals surface area contributed by atoms with Crippen LogP contribution in [0.3, 0.4) is 0 Å². The van der Waals surface area contributed by atoms with Gasteiger partial charge in [0.15, 0.2) is 5.78 Å². The number of halogens is 4. The molecule has 0 atom stereocenters. The quantitative estimate of drug-likeness (QED) is 0.754. The lowest BCUT2D eigenvalue weighted by atomic mass is 10.0. The van der Waals surface area contributed by atoms with Gasteiger partial charge in [0.2, 0.25) is 0 Å². The van der Waals surface area contributed by atoms with Crippen LogP contribution in [-0.4, -0.2) is 5.78 Å². The summed E-state index contributed by atoms with van der Waals surface area (Å²) in [5, 5.41) is 0.267. The van der Waals surface area contributed by atoms with E-state index < -0.39 is 28.8 Å². The summed E-state index contributed by atoms with van der Waals surface area (Å²) in [5.74, 6) is -4.44. The van der Waals surface area contributed by atoms with E-state index in [1.807, 2.05) is 0 Å². The summed E-state index contributed by atoms with van der Waals surface area (Å²) in [6.45, 7) is 0. The van der Waals surface area contributed by atoms with Crippen molar-refractivity contribution in [3.63, 3.8) is 0 Å². The molecule has 5 heteroatoms. The van der Waals surface area contributed by atoms with Gasteiger partial charge in [-0.1, -0.05) is 23.7 Å². The standard InChI is InChI=1S/C13H6ClF3O/c14-8-3-1-2-7(4-8)13(18)12-10(16)5-9(15)6-11(12)17/h1-6H. The van der Waals surface area contributed by atoms with Gasteiger partial charge in [0.1, 0.15) is 17.5 Å². The maximum Gasteiger partial charge on any atom is 0.198 e. The first-order valence-corrected chi connectivity index (χ1v) is 5.31. The molecule has 0 aliphatic heterocycles. The molecular formula is C13H6ClF3O. The maximum atomic E-state index is 13.4. The second-order valence-corrected chi connectivity index (χ2v) is 4.02. The Hall–Kier alpha value is -1.81. The highest BCUT2D eigenvalue weighted by molar-refractivity contribution is 6.31. The SMILES string of the molecule is O=C(c1cccc(Cl)c1)c1c(F)cc(F)cc1F. The van der Waals surface area contributed by atoms with Gasteiger partial charge in [0, 0.05) is 22.7 Å². The lowest BCUT2D eigenvalue weighted by Gasteiger charge is -2.05. The predicted octanol–water partition coefficient (Wildman–Crippen LogP) is 3.99. The van der Waals surface area contributed by atoms with Gasteiger partial charge in [0.05, 0.1) is 5.56 Å². The number of benzene rings is 2. The molecule has 0 saturated carbocycles. The molecule has 0 heterocycles. The normalized spacial score (nSPS) is 10.4. The van der Waals surface area contributed by atoms with Crippen LogP contribution in [0.15, 0.2) is 36.4 Å². The van der Waals surface area contributed by atoms with E-state index in [9.17, 15) is 18.0 Å². The molecule has 2 rings (SSSR count). The number of hydrogen-bond acceptors (Lipinski definition) is 1. The third-order valence-electron chi connectivity index (χ3n) is 2.32. The summed E-state index contributed by atoms with van der Waals surface area (Å²) in [4.78, 5) is 11.9. The smallest absolute Gasteiger partial charge is 0.198 e. The Labute approximate surface area is 106 Å². The average molecular weight is 271 g/mol. The lowest BCUT2D eigenvalue weighted by Crippen LogP contribution is -2.08. The Morgan fingerprint density at radius 1 is 1.00 bits per heavy atom. The van der Waals surface area contributed by atoms with Gasteiger partial charge in [-0.05, 0) is 12.1 Å². The van der Waals surface area contributed by atoms with E-state index in [2.05, 4.69) is 0 Å². The molecule has 1 nitrogen and oxygen atoms in total. The molecule has 0 spiro atoms. The van der Waals surface area contributed by atoms with E-state index in [0.717, 1.165) is 0 Å². The van der Waals surface area contributed by atoms with Crippen LogP contribution in [0.2, 0.25) is 5.02 Å². The molecule has 2 aromatic carbocycles. The van der Waals surface area contributed by atoms with Crippen molar-refractivity contribution in [1.29, 1.82) is 0 Å². The van der Waals surface area contributed by atoms with Gasteiger partial charge in [0.25, 0.3) is 0 Å². The van der Waals surface area contributed by atoms with Crippen LogP contribution in [-0.2, 0) is 0 Å². The Balaban J connectivity index is 2.53. The van der Waals surface area contributed by atoms with Crippen LogP contribution < -0.4 is 0 Å². The van der Waals surface area contributed by atoms with Crippen molar-refractivity contribution in [3.05, 3.63) is 70.0 Å². The van der Waals surface area contributed by atoms with Crippen molar-refractivity contribution in [2.45, 2.75) is 0 Å². The van der Waals surface area contributed by atoms with Crippen LogP contribution in [0, 0.1) is 17.5 Å². The average Bonchev–Trinajstić information content (AvgIpc) is 2.27. The highest BCUT2D eigenvalue weighted by Gasteiger charge is 2.20. The highest BCUT2D eigenvalue weighted by atomic mass is 35.5. The number of carbonyl (C=O) groups is 1. The van der Waals surface area contributed by atoms with E-state index in [1.165, 1.54) is 24.3 Å². The van der Waals surface area contributed by atoms with Gasteiger partial charge in [-0.2, -0.15) is 0 Å². The largest absolute Gasteiger partial charge is 0.288 e. The molecule has 0 saturated heterocycles. The molecule has 0 bridgehead atoms. The zero-order chi connectivity index (χ0) is 13.3. The van der Waals surface area contributed by atoms with Crippen LogP contribution >= 0.6 is 11.6 Å². The zero-order valence-corrected chi connectivity index (χ0v) is 9.64. The number of ketones is 1. The van der Waals surface area contributed by atoms with Crippen LogP contribution in [0.1, 0.15) is 15.9 Å². The van der Waals surface area contributed by atoms with Gasteiger partial charge < -0.3 is 0 Å². The number of hydrogen-bond donors (Lipinski definition) is 0. The number of carbonyl (C=O) groups excluding carboxylic acids is 1. The third kappa shape index (κ3) is 2.38. The molecule has 2 aromatic rings. The van der Waals surface area contributed by atoms with E-state index in [-0.39, 0.29) is 10.6 Å². The minimum Gasteiger partial charge on any atom is -0.288 e. The Morgan fingerprint density at radius 2 is 1.61 bits per heavy atom. The van der Waals surface area contributed by atoms with Crippen molar-refractivity contribution >= 4 is 17.4 Å². The molecule has 0 N–H and O–H groups in total. The fourth-order valence-electron chi connectivity index (χ4n) is 1.53. The Morgan fingerprint density at radius 3 is 2.17 bits per heavy atom. The summed E-state index contributed by atoms with van der Waals surface area (Å²) >= 11 is 5.68. The summed E-state index contributed by atoms with van der Waals surface area (Å²) in [7, 11) is 0. The molecule has 18 heavy (non-hydrogen) atoms. The Bertz CT molecular complexity index is 602. The maximum absolute atomic E-state index is 13.4. The van der Waals surface area contributed by atoms with Crippen LogP contribution in [0.5, 0.6) is 0 Å². The van der Waals surface area contributed by atoms with Crippen molar-refractivity contribution in [3.8, 4) is 0 Å². The molecule has 0 aliphatic rings. The fraction of sp³-hybridized carbons (Fsp3) is 0. The van der Waals surface area contributed by atoms with Crippen molar-refractivity contribution in [2.24, 2.45) is 0 Å². The van der Waals surface area contributed by atoms with E-state index in [0.29, 0.717) is 12.1 Å². The van der Waals surface area contributed by atoms with Gasteiger partial charge >= 0.3 is 0 Å². The molecule has 0 aliphatic carbocycles. The second-order valence-electron chi connectivity index (χ2n) is 3.58. The molecule has 0 amide bonds. The van der Waals surface area contributed by atoms with Crippen molar-refractivity contribution in [1.82, 2.24) is 0 Å². The first kappa shape index (κ1) is 12.6. The molecule has 0 fully saturated rings. The van der Waals surface area contributed by atoms with Crippen LogP contribution in [0.25, 0.3) is 0 Å². The summed E-state index contributed by atoms with van der Waals surface area (Å²) in [6, 6.07) is 6.58. The monoisotopic (exact) mass is 270 g/mol.